The van der Waals surface area contributed by atoms with Gasteiger partial charge in [-0.25, -0.2) is 4.39 Å². The molecule has 0 fully saturated rings. The topological polar surface area (TPSA) is 48.1 Å². The lowest BCUT2D eigenvalue weighted by Crippen LogP contribution is -2.38. The predicted octanol–water partition coefficient (Wildman–Crippen LogP) is 5.05. The molecule has 156 valence electrons. The second-order valence-corrected chi connectivity index (χ2v) is 7.14. The number of amides is 1. The number of carbonyl (C=O) groups excluding carboxylic acids is 1. The summed E-state index contributed by atoms with van der Waals surface area (Å²) in [5.41, 5.74) is 2.26. The SMILES string of the molecule is O=C(CNc1cccc(C(F)(F)F)c1)N1CC=C(c2c[nH]c3cc(F)ccc23)CC1. The number of nitrogens with zero attached hydrogens (tertiary/aromatic N) is 1. The molecule has 0 spiro atoms. The molecular weight excluding hydrogens is 398 g/mol. The van der Waals surface area contributed by atoms with Gasteiger partial charge < -0.3 is 15.2 Å². The van der Waals surface area contributed by atoms with Crippen LogP contribution in [0.2, 0.25) is 0 Å². The number of aromatic nitrogens is 1. The molecule has 0 unspecified atom stereocenters. The van der Waals surface area contributed by atoms with Gasteiger partial charge in [0.15, 0.2) is 0 Å². The van der Waals surface area contributed by atoms with E-state index in [4.69, 9.17) is 0 Å². The number of anilines is 1. The van der Waals surface area contributed by atoms with Crippen molar-refractivity contribution < 1.29 is 22.4 Å². The first-order valence-corrected chi connectivity index (χ1v) is 9.46. The largest absolute Gasteiger partial charge is 0.416 e. The molecule has 0 bridgehead atoms. The van der Waals surface area contributed by atoms with Crippen molar-refractivity contribution in [1.29, 1.82) is 0 Å². The Balaban J connectivity index is 1.39. The van der Waals surface area contributed by atoms with Crippen LogP contribution in [0, 0.1) is 5.82 Å². The third-order valence-corrected chi connectivity index (χ3v) is 5.19. The fraction of sp³-hybridized carbons (Fsp3) is 0.227. The first-order valence-electron chi connectivity index (χ1n) is 9.46. The normalized spacial score (nSPS) is 14.7. The Bertz CT molecular complexity index is 1120. The maximum atomic E-state index is 13.4. The lowest BCUT2D eigenvalue weighted by atomic mass is 9.99. The van der Waals surface area contributed by atoms with Crippen LogP contribution < -0.4 is 5.32 Å². The quantitative estimate of drug-likeness (QED) is 0.584. The molecular formula is C22H19F4N3O. The molecule has 1 amide bonds. The Kier molecular flexibility index (Phi) is 5.24. The van der Waals surface area contributed by atoms with Gasteiger partial charge in [-0.05, 0) is 48.4 Å². The van der Waals surface area contributed by atoms with E-state index < -0.39 is 11.7 Å². The van der Waals surface area contributed by atoms with E-state index in [1.165, 1.54) is 24.3 Å². The van der Waals surface area contributed by atoms with Gasteiger partial charge in [-0.3, -0.25) is 4.79 Å². The van der Waals surface area contributed by atoms with Crippen LogP contribution in [0.4, 0.5) is 23.2 Å². The highest BCUT2D eigenvalue weighted by Crippen LogP contribution is 2.31. The summed E-state index contributed by atoms with van der Waals surface area (Å²) in [6.07, 6.45) is 0.00379. The number of benzene rings is 2. The van der Waals surface area contributed by atoms with Crippen LogP contribution >= 0.6 is 0 Å². The van der Waals surface area contributed by atoms with Crippen molar-refractivity contribution in [1.82, 2.24) is 9.88 Å². The van der Waals surface area contributed by atoms with E-state index >= 15 is 0 Å². The highest BCUT2D eigenvalue weighted by molar-refractivity contribution is 5.93. The summed E-state index contributed by atoms with van der Waals surface area (Å²) >= 11 is 0. The van der Waals surface area contributed by atoms with Gasteiger partial charge in [-0.1, -0.05) is 12.1 Å². The molecule has 1 aliphatic rings. The molecule has 0 saturated carbocycles. The van der Waals surface area contributed by atoms with Crippen LogP contribution in [0.15, 0.2) is 54.7 Å². The summed E-state index contributed by atoms with van der Waals surface area (Å²) in [6, 6.07) is 9.36. The molecule has 2 heterocycles. The Hall–Kier alpha value is -3.29. The first-order chi connectivity index (χ1) is 14.3. The van der Waals surface area contributed by atoms with Gasteiger partial charge >= 0.3 is 6.18 Å². The molecule has 1 aromatic heterocycles. The lowest BCUT2D eigenvalue weighted by molar-refractivity contribution is -0.137. The van der Waals surface area contributed by atoms with Crippen molar-refractivity contribution in [2.24, 2.45) is 0 Å². The number of halogens is 4. The Morgan fingerprint density at radius 1 is 1.17 bits per heavy atom. The summed E-state index contributed by atoms with van der Waals surface area (Å²) in [4.78, 5) is 17.2. The minimum absolute atomic E-state index is 0.0865. The van der Waals surface area contributed by atoms with E-state index in [0.29, 0.717) is 19.5 Å². The van der Waals surface area contributed by atoms with Gasteiger partial charge in [0, 0.05) is 41.4 Å². The van der Waals surface area contributed by atoms with Crippen molar-refractivity contribution in [3.05, 3.63) is 71.7 Å². The van der Waals surface area contributed by atoms with E-state index in [2.05, 4.69) is 10.3 Å². The molecule has 4 rings (SSSR count). The van der Waals surface area contributed by atoms with Gasteiger partial charge in [-0.15, -0.1) is 0 Å². The van der Waals surface area contributed by atoms with Gasteiger partial charge in [0.2, 0.25) is 5.91 Å². The van der Waals surface area contributed by atoms with Gasteiger partial charge in [-0.2, -0.15) is 13.2 Å². The van der Waals surface area contributed by atoms with Crippen LogP contribution in [-0.2, 0) is 11.0 Å². The number of rotatable bonds is 4. The standard InChI is InChI=1S/C22H19F4N3O/c23-16-4-5-18-19(12-28-20(18)11-16)14-6-8-29(9-7-14)21(30)13-27-17-3-1-2-15(10-17)22(24,25)26/h1-6,10-12,27-28H,7-9,13H2. The zero-order chi connectivity index (χ0) is 21.3. The Morgan fingerprint density at radius 3 is 2.73 bits per heavy atom. The third kappa shape index (κ3) is 4.17. The molecule has 0 aliphatic carbocycles. The molecule has 0 radical (unpaired) electrons. The van der Waals surface area contributed by atoms with Crippen LogP contribution in [-0.4, -0.2) is 35.4 Å². The molecule has 0 saturated heterocycles. The summed E-state index contributed by atoms with van der Waals surface area (Å²) in [5, 5.41) is 3.69. The number of carbonyl (C=O) groups is 1. The van der Waals surface area contributed by atoms with Crippen LogP contribution in [0.25, 0.3) is 16.5 Å². The fourth-order valence-corrected chi connectivity index (χ4v) is 3.60. The second kappa shape index (κ2) is 7.85. The molecule has 3 aromatic rings. The monoisotopic (exact) mass is 417 g/mol. The predicted molar refractivity (Wildman–Crippen MR) is 107 cm³/mol. The number of fused-ring (bicyclic) bond motifs is 1. The maximum absolute atomic E-state index is 13.4. The van der Waals surface area contributed by atoms with Crippen molar-refractivity contribution in [3.63, 3.8) is 0 Å². The second-order valence-electron chi connectivity index (χ2n) is 7.14. The van der Waals surface area contributed by atoms with E-state index in [1.807, 2.05) is 12.3 Å². The number of aromatic amines is 1. The highest BCUT2D eigenvalue weighted by atomic mass is 19.4. The Labute approximate surface area is 170 Å². The van der Waals surface area contributed by atoms with E-state index in [0.717, 1.165) is 34.2 Å². The van der Waals surface area contributed by atoms with Crippen LogP contribution in [0.5, 0.6) is 0 Å². The molecule has 0 atom stereocenters. The van der Waals surface area contributed by atoms with Gasteiger partial charge in [0.25, 0.3) is 0 Å². The molecule has 8 heteroatoms. The van der Waals surface area contributed by atoms with Crippen molar-refractivity contribution in [2.45, 2.75) is 12.6 Å². The van der Waals surface area contributed by atoms with Crippen LogP contribution in [0.3, 0.4) is 0 Å². The van der Waals surface area contributed by atoms with Gasteiger partial charge in [0.1, 0.15) is 5.82 Å². The fourth-order valence-electron chi connectivity index (χ4n) is 3.60. The van der Waals surface area contributed by atoms with Crippen molar-refractivity contribution in [3.8, 4) is 0 Å². The molecule has 4 nitrogen and oxygen atoms in total. The zero-order valence-corrected chi connectivity index (χ0v) is 15.9. The van der Waals surface area contributed by atoms with Gasteiger partial charge in [0.05, 0.1) is 12.1 Å². The molecule has 1 aliphatic heterocycles. The number of hydrogen-bond donors (Lipinski definition) is 2. The third-order valence-electron chi connectivity index (χ3n) is 5.19. The minimum atomic E-state index is -4.43. The summed E-state index contributed by atoms with van der Waals surface area (Å²) in [5.74, 6) is -0.498. The molecule has 2 aromatic carbocycles. The number of nitrogens with one attached hydrogen (secondary N) is 2. The van der Waals surface area contributed by atoms with E-state index in [9.17, 15) is 22.4 Å². The average Bonchev–Trinajstić information content (AvgIpc) is 3.14. The summed E-state index contributed by atoms with van der Waals surface area (Å²) < 4.78 is 51.8. The van der Waals surface area contributed by atoms with Crippen molar-refractivity contribution in [2.75, 3.05) is 25.0 Å². The number of hydrogen-bond acceptors (Lipinski definition) is 2. The first kappa shape index (κ1) is 20.0. The van der Waals surface area contributed by atoms with Crippen molar-refractivity contribution >= 4 is 28.1 Å². The van der Waals surface area contributed by atoms with E-state index in [-0.39, 0.29) is 24.0 Å². The summed E-state index contributed by atoms with van der Waals surface area (Å²) in [6.45, 7) is 0.825. The zero-order valence-electron chi connectivity index (χ0n) is 15.9. The van der Waals surface area contributed by atoms with Crippen LogP contribution in [0.1, 0.15) is 17.5 Å². The highest BCUT2D eigenvalue weighted by Gasteiger charge is 2.30. The smallest absolute Gasteiger partial charge is 0.376 e. The lowest BCUT2D eigenvalue weighted by Gasteiger charge is -2.27. The van der Waals surface area contributed by atoms with E-state index in [1.54, 1.807) is 11.0 Å². The number of alkyl halides is 3. The maximum Gasteiger partial charge on any atom is 0.416 e. The number of H-pyrrole nitrogens is 1. The average molecular weight is 417 g/mol. The summed E-state index contributed by atoms with van der Waals surface area (Å²) in [7, 11) is 0. The minimum Gasteiger partial charge on any atom is -0.376 e. The molecule has 2 N–H and O–H groups in total. The Morgan fingerprint density at radius 2 is 2.00 bits per heavy atom. The molecule has 30 heavy (non-hydrogen) atoms.